The predicted molar refractivity (Wildman–Crippen MR) is 68.4 cm³/mol. The Hall–Kier alpha value is -1.35. The van der Waals surface area contributed by atoms with E-state index in [4.69, 9.17) is 5.84 Å². The Morgan fingerprint density at radius 2 is 1.88 bits per heavy atom. The fraction of sp³-hybridized carbons (Fsp3) is 0.500. The maximum atomic E-state index is 12.1. The molecule has 0 radical (unpaired) electrons. The van der Waals surface area contributed by atoms with Crippen LogP contribution in [0.5, 0.6) is 0 Å². The van der Waals surface area contributed by atoms with Crippen molar-refractivity contribution < 1.29 is 4.79 Å². The lowest BCUT2D eigenvalue weighted by Crippen LogP contribution is -2.45. The third-order valence-corrected chi connectivity index (χ3v) is 4.08. The van der Waals surface area contributed by atoms with E-state index in [1.165, 1.54) is 11.1 Å². The molecule has 0 saturated heterocycles. The summed E-state index contributed by atoms with van der Waals surface area (Å²) in [6.07, 6.45) is 4.00. The second-order valence-corrected chi connectivity index (χ2v) is 5.06. The Morgan fingerprint density at radius 1 is 1.24 bits per heavy atom. The van der Waals surface area contributed by atoms with Crippen LogP contribution in [0.25, 0.3) is 0 Å². The van der Waals surface area contributed by atoms with E-state index in [9.17, 15) is 4.79 Å². The Balaban J connectivity index is 2.46. The molecule has 0 bridgehead atoms. The van der Waals surface area contributed by atoms with Crippen LogP contribution in [0.4, 0.5) is 0 Å². The minimum atomic E-state index is -0.396. The molecule has 0 atom stereocenters. The number of nitrogens with two attached hydrogens (primary N) is 1. The quantitative estimate of drug-likeness (QED) is 0.466. The fourth-order valence-electron chi connectivity index (χ4n) is 2.80. The molecule has 0 aromatic heterocycles. The smallest absolute Gasteiger partial charge is 0.244 e. The summed E-state index contributed by atoms with van der Waals surface area (Å²) in [4.78, 5) is 12.1. The first-order chi connectivity index (χ1) is 8.10. The molecule has 0 aliphatic heterocycles. The van der Waals surface area contributed by atoms with Gasteiger partial charge in [-0.1, -0.05) is 31.0 Å². The van der Waals surface area contributed by atoms with Crippen LogP contribution >= 0.6 is 0 Å². The average molecular weight is 232 g/mol. The third kappa shape index (κ3) is 1.95. The van der Waals surface area contributed by atoms with Crippen molar-refractivity contribution in [3.63, 3.8) is 0 Å². The summed E-state index contributed by atoms with van der Waals surface area (Å²) in [6, 6.07) is 6.30. The monoisotopic (exact) mass is 232 g/mol. The number of hydrazine groups is 1. The van der Waals surface area contributed by atoms with Gasteiger partial charge in [-0.3, -0.25) is 10.2 Å². The van der Waals surface area contributed by atoms with E-state index >= 15 is 0 Å². The maximum absolute atomic E-state index is 12.1. The molecule has 0 unspecified atom stereocenters. The van der Waals surface area contributed by atoms with Crippen molar-refractivity contribution in [1.29, 1.82) is 0 Å². The fourth-order valence-corrected chi connectivity index (χ4v) is 2.80. The Kier molecular flexibility index (Phi) is 3.20. The van der Waals surface area contributed by atoms with Gasteiger partial charge in [0.25, 0.3) is 0 Å². The van der Waals surface area contributed by atoms with E-state index in [-0.39, 0.29) is 5.91 Å². The number of amides is 1. The molecule has 1 saturated carbocycles. The number of aryl methyl sites for hydroxylation is 2. The van der Waals surface area contributed by atoms with Crippen LogP contribution in [-0.2, 0) is 10.2 Å². The minimum Gasteiger partial charge on any atom is -0.293 e. The van der Waals surface area contributed by atoms with Crippen LogP contribution in [0.2, 0.25) is 0 Å². The molecule has 0 spiro atoms. The zero-order valence-corrected chi connectivity index (χ0v) is 10.5. The van der Waals surface area contributed by atoms with Gasteiger partial charge in [0.1, 0.15) is 0 Å². The molecule has 2 rings (SSSR count). The van der Waals surface area contributed by atoms with Crippen molar-refractivity contribution in [2.75, 3.05) is 0 Å². The van der Waals surface area contributed by atoms with E-state index in [0.717, 1.165) is 31.2 Å². The SMILES string of the molecule is Cc1ccc(C2(C(=O)NN)CCCC2)cc1C. The molecule has 3 nitrogen and oxygen atoms in total. The Bertz CT molecular complexity index is 434. The lowest BCUT2D eigenvalue weighted by Gasteiger charge is -2.27. The summed E-state index contributed by atoms with van der Waals surface area (Å²) in [7, 11) is 0. The van der Waals surface area contributed by atoms with Gasteiger partial charge in [0.05, 0.1) is 5.41 Å². The van der Waals surface area contributed by atoms with Crippen molar-refractivity contribution in [2.24, 2.45) is 5.84 Å². The Labute approximate surface area is 102 Å². The minimum absolute atomic E-state index is 0.0433. The molecule has 0 heterocycles. The van der Waals surface area contributed by atoms with Gasteiger partial charge in [0.2, 0.25) is 5.91 Å². The van der Waals surface area contributed by atoms with Gasteiger partial charge in [-0.2, -0.15) is 0 Å². The standard InChI is InChI=1S/C14H20N2O/c1-10-5-6-12(9-11(10)2)14(13(17)16-15)7-3-4-8-14/h5-6,9H,3-4,7-8,15H2,1-2H3,(H,16,17). The van der Waals surface area contributed by atoms with Crippen LogP contribution in [0.1, 0.15) is 42.4 Å². The summed E-state index contributed by atoms with van der Waals surface area (Å²) < 4.78 is 0. The van der Waals surface area contributed by atoms with Crippen LogP contribution in [0.15, 0.2) is 18.2 Å². The van der Waals surface area contributed by atoms with E-state index in [2.05, 4.69) is 37.5 Å². The first-order valence-corrected chi connectivity index (χ1v) is 6.19. The van der Waals surface area contributed by atoms with Crippen molar-refractivity contribution in [3.05, 3.63) is 34.9 Å². The number of benzene rings is 1. The summed E-state index contributed by atoms with van der Waals surface area (Å²) in [5.74, 6) is 5.30. The molecule has 1 fully saturated rings. The van der Waals surface area contributed by atoms with E-state index < -0.39 is 5.41 Å². The number of hydrogen-bond acceptors (Lipinski definition) is 2. The summed E-state index contributed by atoms with van der Waals surface area (Å²) in [6.45, 7) is 4.17. The van der Waals surface area contributed by atoms with Gasteiger partial charge in [0.15, 0.2) is 0 Å². The summed E-state index contributed by atoms with van der Waals surface area (Å²) in [5.41, 5.74) is 5.55. The number of rotatable bonds is 2. The van der Waals surface area contributed by atoms with Gasteiger partial charge in [0, 0.05) is 0 Å². The van der Waals surface area contributed by atoms with Gasteiger partial charge < -0.3 is 0 Å². The number of nitrogens with one attached hydrogen (secondary N) is 1. The molecule has 3 N–H and O–H groups in total. The largest absolute Gasteiger partial charge is 0.293 e. The molecular formula is C14H20N2O. The normalized spacial score (nSPS) is 18.1. The van der Waals surface area contributed by atoms with Crippen LogP contribution in [0, 0.1) is 13.8 Å². The van der Waals surface area contributed by atoms with Crippen LogP contribution in [-0.4, -0.2) is 5.91 Å². The maximum Gasteiger partial charge on any atom is 0.244 e. The van der Waals surface area contributed by atoms with Crippen LogP contribution in [0.3, 0.4) is 0 Å². The Morgan fingerprint density at radius 3 is 2.41 bits per heavy atom. The molecule has 1 aromatic rings. The van der Waals surface area contributed by atoms with Crippen molar-refractivity contribution in [2.45, 2.75) is 44.9 Å². The second-order valence-electron chi connectivity index (χ2n) is 5.06. The third-order valence-electron chi connectivity index (χ3n) is 4.08. The first-order valence-electron chi connectivity index (χ1n) is 6.19. The van der Waals surface area contributed by atoms with E-state index in [1.807, 2.05) is 0 Å². The zero-order valence-electron chi connectivity index (χ0n) is 10.5. The van der Waals surface area contributed by atoms with Crippen LogP contribution < -0.4 is 11.3 Å². The number of carbonyl (C=O) groups is 1. The molecular weight excluding hydrogens is 212 g/mol. The molecule has 1 aliphatic rings. The first kappa shape index (κ1) is 12.1. The van der Waals surface area contributed by atoms with Crippen molar-refractivity contribution >= 4 is 5.91 Å². The second kappa shape index (κ2) is 4.49. The topological polar surface area (TPSA) is 55.1 Å². The molecule has 92 valence electrons. The summed E-state index contributed by atoms with van der Waals surface area (Å²) >= 11 is 0. The highest BCUT2D eigenvalue weighted by molar-refractivity contribution is 5.88. The molecule has 17 heavy (non-hydrogen) atoms. The van der Waals surface area contributed by atoms with Crippen molar-refractivity contribution in [3.8, 4) is 0 Å². The van der Waals surface area contributed by atoms with Gasteiger partial charge >= 0.3 is 0 Å². The number of carbonyl (C=O) groups excluding carboxylic acids is 1. The molecule has 1 aromatic carbocycles. The predicted octanol–water partition coefficient (Wildman–Crippen LogP) is 2.11. The van der Waals surface area contributed by atoms with Crippen molar-refractivity contribution in [1.82, 2.24) is 5.43 Å². The van der Waals surface area contributed by atoms with Gasteiger partial charge in [-0.25, -0.2) is 5.84 Å². The lowest BCUT2D eigenvalue weighted by molar-refractivity contribution is -0.126. The van der Waals surface area contributed by atoms with E-state index in [1.54, 1.807) is 0 Å². The number of hydrogen-bond donors (Lipinski definition) is 2. The zero-order chi connectivity index (χ0) is 12.5. The molecule has 3 heteroatoms. The van der Waals surface area contributed by atoms with Gasteiger partial charge in [-0.05, 0) is 43.4 Å². The highest BCUT2D eigenvalue weighted by Crippen LogP contribution is 2.41. The van der Waals surface area contributed by atoms with Gasteiger partial charge in [-0.15, -0.1) is 0 Å². The molecule has 1 amide bonds. The van der Waals surface area contributed by atoms with E-state index in [0.29, 0.717) is 0 Å². The highest BCUT2D eigenvalue weighted by Gasteiger charge is 2.42. The average Bonchev–Trinajstić information content (AvgIpc) is 2.82. The molecule has 1 aliphatic carbocycles. The summed E-state index contributed by atoms with van der Waals surface area (Å²) in [5, 5.41) is 0. The lowest BCUT2D eigenvalue weighted by atomic mass is 9.77. The highest BCUT2D eigenvalue weighted by atomic mass is 16.2.